The molecule has 5 rings (SSSR count). The van der Waals surface area contributed by atoms with Crippen LogP contribution in [0.5, 0.6) is 0 Å². The molecule has 34 heavy (non-hydrogen) atoms. The fraction of sp³-hybridized carbons (Fsp3) is 0.214. The van der Waals surface area contributed by atoms with E-state index < -0.39 is 0 Å². The van der Waals surface area contributed by atoms with E-state index in [-0.39, 0.29) is 11.3 Å². The minimum atomic E-state index is -0.279. The van der Waals surface area contributed by atoms with Crippen molar-refractivity contribution >= 4 is 17.3 Å². The molecule has 1 fully saturated rings. The lowest BCUT2D eigenvalue weighted by molar-refractivity contribution is 0.0596. The first-order valence-corrected chi connectivity index (χ1v) is 11.5. The highest BCUT2D eigenvalue weighted by Crippen LogP contribution is 2.41. The second kappa shape index (κ2) is 9.15. The molecule has 6 nitrogen and oxygen atoms in total. The van der Waals surface area contributed by atoms with E-state index in [0.29, 0.717) is 30.2 Å². The number of para-hydroxylation sites is 2. The van der Waals surface area contributed by atoms with E-state index in [4.69, 9.17) is 15.5 Å². The van der Waals surface area contributed by atoms with Crippen LogP contribution in [-0.4, -0.2) is 28.7 Å². The molecule has 0 unspecified atom stereocenters. The van der Waals surface area contributed by atoms with Gasteiger partial charge in [-0.25, -0.2) is 4.98 Å². The number of aromatic nitrogens is 2. The van der Waals surface area contributed by atoms with Crippen LogP contribution in [0.2, 0.25) is 0 Å². The number of imidazole rings is 1. The van der Waals surface area contributed by atoms with Crippen molar-refractivity contribution in [2.75, 3.05) is 24.3 Å². The Balaban J connectivity index is 1.47. The van der Waals surface area contributed by atoms with E-state index in [0.717, 1.165) is 35.5 Å². The lowest BCUT2D eigenvalue weighted by atomic mass is 9.73. The quantitative estimate of drug-likeness (QED) is 0.417. The minimum absolute atomic E-state index is 0.186. The van der Waals surface area contributed by atoms with Crippen LogP contribution in [0, 0.1) is 0 Å². The molecule has 0 saturated carbocycles. The van der Waals surface area contributed by atoms with Gasteiger partial charge in [-0.2, -0.15) is 0 Å². The highest BCUT2D eigenvalue weighted by Gasteiger charge is 2.40. The summed E-state index contributed by atoms with van der Waals surface area (Å²) in [6.45, 7) is 1.34. The van der Waals surface area contributed by atoms with Gasteiger partial charge in [-0.3, -0.25) is 4.79 Å². The molecule has 4 aromatic rings. The Morgan fingerprint density at radius 1 is 0.971 bits per heavy atom. The number of amides is 1. The maximum atomic E-state index is 12.8. The normalized spacial score (nSPS) is 15.1. The van der Waals surface area contributed by atoms with Gasteiger partial charge in [0.1, 0.15) is 5.82 Å². The predicted molar refractivity (Wildman–Crippen MR) is 135 cm³/mol. The number of ether oxygens (including phenoxy) is 1. The lowest BCUT2D eigenvalue weighted by Gasteiger charge is -2.37. The van der Waals surface area contributed by atoms with Crippen LogP contribution in [-0.2, 0) is 17.2 Å². The van der Waals surface area contributed by atoms with E-state index in [1.54, 1.807) is 12.1 Å². The molecule has 3 N–H and O–H groups in total. The molecule has 3 aromatic carbocycles. The van der Waals surface area contributed by atoms with Crippen molar-refractivity contribution in [2.45, 2.75) is 18.3 Å². The number of anilines is 2. The Labute approximate surface area is 199 Å². The van der Waals surface area contributed by atoms with Crippen molar-refractivity contribution in [3.63, 3.8) is 0 Å². The molecule has 1 aliphatic rings. The molecule has 0 spiro atoms. The Bertz CT molecular complexity index is 1290. The van der Waals surface area contributed by atoms with Gasteiger partial charge in [0.2, 0.25) is 0 Å². The van der Waals surface area contributed by atoms with Crippen molar-refractivity contribution in [3.8, 4) is 11.3 Å². The fourth-order valence-electron chi connectivity index (χ4n) is 4.77. The minimum Gasteiger partial charge on any atom is -0.397 e. The number of nitrogens with two attached hydrogens (primary N) is 1. The maximum Gasteiger partial charge on any atom is 0.255 e. The van der Waals surface area contributed by atoms with Gasteiger partial charge in [0.15, 0.2) is 0 Å². The molecule has 1 amide bonds. The van der Waals surface area contributed by atoms with Crippen molar-refractivity contribution < 1.29 is 9.53 Å². The summed E-state index contributed by atoms with van der Waals surface area (Å²) in [5, 5.41) is 2.90. The number of aryl methyl sites for hydroxylation is 1. The number of carbonyl (C=O) groups excluding carboxylic acids is 1. The summed E-state index contributed by atoms with van der Waals surface area (Å²) >= 11 is 0. The molecule has 1 aliphatic heterocycles. The first-order valence-electron chi connectivity index (χ1n) is 11.5. The van der Waals surface area contributed by atoms with Crippen LogP contribution in [0.25, 0.3) is 11.3 Å². The molecule has 6 heteroatoms. The van der Waals surface area contributed by atoms with E-state index in [1.165, 1.54) is 0 Å². The third kappa shape index (κ3) is 4.08. The van der Waals surface area contributed by atoms with E-state index in [2.05, 4.69) is 35.3 Å². The largest absolute Gasteiger partial charge is 0.397 e. The van der Waals surface area contributed by atoms with Crippen molar-refractivity contribution in [3.05, 3.63) is 102 Å². The number of hydrogen-bond donors (Lipinski definition) is 2. The molecule has 2 heterocycles. The second-order valence-corrected chi connectivity index (χ2v) is 8.74. The molecule has 1 aromatic heterocycles. The van der Waals surface area contributed by atoms with E-state index in [9.17, 15) is 4.79 Å². The number of nitrogen functional groups attached to an aromatic ring is 1. The van der Waals surface area contributed by atoms with Crippen LogP contribution in [0.15, 0.2) is 85.1 Å². The van der Waals surface area contributed by atoms with Crippen molar-refractivity contribution in [1.29, 1.82) is 0 Å². The van der Waals surface area contributed by atoms with Gasteiger partial charge < -0.3 is 20.4 Å². The van der Waals surface area contributed by atoms with Gasteiger partial charge in [-0.15, -0.1) is 0 Å². The fourth-order valence-corrected chi connectivity index (χ4v) is 4.77. The van der Waals surface area contributed by atoms with Crippen LogP contribution < -0.4 is 11.1 Å². The van der Waals surface area contributed by atoms with Crippen molar-refractivity contribution in [2.24, 2.45) is 7.05 Å². The Hall–Kier alpha value is -3.90. The molecular weight excluding hydrogens is 424 g/mol. The summed E-state index contributed by atoms with van der Waals surface area (Å²) in [6, 6.07) is 25.3. The van der Waals surface area contributed by atoms with Crippen LogP contribution in [0.4, 0.5) is 11.4 Å². The monoisotopic (exact) mass is 452 g/mol. The third-order valence-electron chi connectivity index (χ3n) is 6.63. The highest BCUT2D eigenvalue weighted by atomic mass is 16.5. The summed E-state index contributed by atoms with van der Waals surface area (Å²) in [5.41, 5.74) is 10.6. The summed E-state index contributed by atoms with van der Waals surface area (Å²) < 4.78 is 7.86. The maximum absolute atomic E-state index is 12.8. The van der Waals surface area contributed by atoms with Crippen LogP contribution in [0.3, 0.4) is 0 Å². The third-order valence-corrected chi connectivity index (χ3v) is 6.63. The van der Waals surface area contributed by atoms with E-state index >= 15 is 0 Å². The summed E-state index contributed by atoms with van der Waals surface area (Å²) in [6.07, 6.45) is 3.75. The molecule has 172 valence electrons. The van der Waals surface area contributed by atoms with Gasteiger partial charge >= 0.3 is 0 Å². The number of benzene rings is 3. The number of nitrogens with zero attached hydrogens (tertiary/aromatic N) is 2. The molecule has 1 saturated heterocycles. The summed E-state index contributed by atoms with van der Waals surface area (Å²) in [7, 11) is 2.05. The zero-order valence-electron chi connectivity index (χ0n) is 19.2. The van der Waals surface area contributed by atoms with Gasteiger partial charge in [-0.1, -0.05) is 54.6 Å². The van der Waals surface area contributed by atoms with Crippen molar-refractivity contribution in [1.82, 2.24) is 9.55 Å². The first-order chi connectivity index (χ1) is 16.6. The molecule has 0 atom stereocenters. The Morgan fingerprint density at radius 3 is 2.35 bits per heavy atom. The number of hydrogen-bond acceptors (Lipinski definition) is 4. The Morgan fingerprint density at radius 2 is 1.65 bits per heavy atom. The molecule has 0 aliphatic carbocycles. The average Bonchev–Trinajstić information content (AvgIpc) is 3.28. The Kier molecular flexibility index (Phi) is 5.90. The van der Waals surface area contributed by atoms with Gasteiger partial charge in [0.05, 0.1) is 22.5 Å². The second-order valence-electron chi connectivity index (χ2n) is 8.74. The van der Waals surface area contributed by atoms with Gasteiger partial charge in [0.25, 0.3) is 5.91 Å². The number of rotatable bonds is 5. The highest BCUT2D eigenvalue weighted by molar-refractivity contribution is 6.05. The predicted octanol–water partition coefficient (Wildman–Crippen LogP) is 5.02. The molecule has 0 bridgehead atoms. The van der Waals surface area contributed by atoms with Crippen LogP contribution >= 0.6 is 0 Å². The molecular formula is C28H28N4O2. The zero-order chi connectivity index (χ0) is 23.5. The van der Waals surface area contributed by atoms with Gasteiger partial charge in [0, 0.05) is 37.6 Å². The summed E-state index contributed by atoms with van der Waals surface area (Å²) in [5.74, 6) is 0.831. The number of carbonyl (C=O) groups is 1. The number of nitrogens with one attached hydrogen (secondary N) is 1. The smallest absolute Gasteiger partial charge is 0.255 e. The zero-order valence-corrected chi connectivity index (χ0v) is 19.2. The lowest BCUT2D eigenvalue weighted by Crippen LogP contribution is -2.37. The summed E-state index contributed by atoms with van der Waals surface area (Å²) in [4.78, 5) is 17.9. The van der Waals surface area contributed by atoms with Crippen LogP contribution in [0.1, 0.15) is 34.6 Å². The first kappa shape index (κ1) is 21.9. The average molecular weight is 453 g/mol. The molecule has 0 radical (unpaired) electrons. The van der Waals surface area contributed by atoms with E-state index in [1.807, 2.05) is 54.6 Å². The SMILES string of the molecule is Cn1cc(-c2ccccc2)nc1C1(c2ccc(C(=O)Nc3ccccc3N)cc2)CCOCC1. The standard InChI is InChI=1S/C28H28N4O2/c1-32-19-25(20-7-3-2-4-8-20)31-27(32)28(15-17-34-18-16-28)22-13-11-21(12-14-22)26(33)30-24-10-6-5-9-23(24)29/h2-14,19H,15-18,29H2,1H3,(H,30,33). The van der Waals surface area contributed by atoms with Gasteiger partial charge in [-0.05, 0) is 42.7 Å². The topological polar surface area (TPSA) is 82.2 Å².